The quantitative estimate of drug-likeness (QED) is 0.167. The van der Waals surface area contributed by atoms with Gasteiger partial charge in [0, 0.05) is 61.1 Å². The number of nitrogens with one attached hydrogen (secondary N) is 4. The number of nitrogens with zero attached hydrogens (tertiary/aromatic N) is 3. The highest BCUT2D eigenvalue weighted by Crippen LogP contribution is 2.36. The van der Waals surface area contributed by atoms with Crippen LogP contribution in [0.5, 0.6) is 17.2 Å². The van der Waals surface area contributed by atoms with Gasteiger partial charge < -0.3 is 20.2 Å². The van der Waals surface area contributed by atoms with Crippen LogP contribution in [0.4, 0.5) is 11.5 Å². The van der Waals surface area contributed by atoms with Gasteiger partial charge in [-0.15, -0.1) is 5.53 Å². The van der Waals surface area contributed by atoms with E-state index in [9.17, 15) is 19.2 Å². The molecule has 4 aromatic rings. The molecule has 0 bridgehead atoms. The fourth-order valence-corrected chi connectivity index (χ4v) is 6.95. The lowest BCUT2D eigenvalue weighted by atomic mass is 9.78. The molecule has 8 rings (SSSR count). The van der Waals surface area contributed by atoms with Crippen molar-refractivity contribution in [3.05, 3.63) is 120 Å². The molecule has 4 heterocycles. The summed E-state index contributed by atoms with van der Waals surface area (Å²) in [5.74, 6) is 0.854. The summed E-state index contributed by atoms with van der Waals surface area (Å²) in [4.78, 5) is 55.4. The number of hydrazine groups is 2. The van der Waals surface area contributed by atoms with Gasteiger partial charge in [-0.05, 0) is 66.1 Å². The van der Waals surface area contributed by atoms with E-state index in [0.29, 0.717) is 11.6 Å². The number of ether oxygens (including phenoxy) is 2. The van der Waals surface area contributed by atoms with Gasteiger partial charge in [-0.2, -0.15) is 0 Å². The SMILES string of the molecule is CC(C)(c1ccc(Oc2ccnc(N3C=CNN3)c2)cc1)c1ccc(O[C@H]2C[C@H](Nc3ccc4c(c3)C(=O)N(C3CCC(=O)NC3=O)C4=O)C2)cc1. The minimum atomic E-state index is -0.986. The van der Waals surface area contributed by atoms with Crippen molar-refractivity contribution < 1.29 is 28.7 Å². The van der Waals surface area contributed by atoms with Crippen LogP contribution in [-0.2, 0) is 15.0 Å². The lowest BCUT2D eigenvalue weighted by molar-refractivity contribution is -0.136. The number of aromatic nitrogens is 1. The molecule has 3 aromatic carbocycles. The standard InChI is InChI=1S/C39H37N7O6/c1-39(2,23-3-8-27(9-4-23)51-29-15-16-40-34(22-29)45-18-17-41-44-45)24-5-10-28(11-6-24)52-30-19-26(20-30)42-25-7-12-31-32(21-25)38(50)46(37(31)49)33-13-14-35(47)43-36(33)48/h3-12,15-18,21-22,26,30,33,41-42,44H,13-14,19-20H2,1-2H3,(H,43,47,48)/t26-,30-,33?. The van der Waals surface area contributed by atoms with Crippen molar-refractivity contribution in [1.29, 1.82) is 0 Å². The van der Waals surface area contributed by atoms with Gasteiger partial charge in [0.1, 0.15) is 29.4 Å². The highest BCUT2D eigenvalue weighted by molar-refractivity contribution is 6.23. The predicted molar refractivity (Wildman–Crippen MR) is 191 cm³/mol. The minimum Gasteiger partial charge on any atom is -0.490 e. The molecule has 1 aromatic heterocycles. The lowest BCUT2D eigenvalue weighted by Crippen LogP contribution is -2.54. The Morgan fingerprint density at radius 2 is 1.54 bits per heavy atom. The second kappa shape index (κ2) is 13.2. The predicted octanol–water partition coefficient (Wildman–Crippen LogP) is 4.92. The number of imide groups is 2. The molecule has 52 heavy (non-hydrogen) atoms. The molecule has 0 radical (unpaired) electrons. The Balaban J connectivity index is 0.836. The van der Waals surface area contributed by atoms with E-state index in [1.54, 1.807) is 35.6 Å². The Hall–Kier alpha value is -6.21. The third-order valence-corrected chi connectivity index (χ3v) is 10.1. The Morgan fingerprint density at radius 1 is 0.827 bits per heavy atom. The van der Waals surface area contributed by atoms with Crippen molar-refractivity contribution in [2.45, 2.75) is 63.1 Å². The van der Waals surface area contributed by atoms with Crippen molar-refractivity contribution >= 4 is 35.1 Å². The van der Waals surface area contributed by atoms with Gasteiger partial charge in [-0.25, -0.2) is 9.99 Å². The number of carbonyl (C=O) groups excluding carboxylic acids is 4. The summed E-state index contributed by atoms with van der Waals surface area (Å²) in [7, 11) is 0. The van der Waals surface area contributed by atoms with E-state index >= 15 is 0 Å². The van der Waals surface area contributed by atoms with E-state index in [2.05, 4.69) is 64.7 Å². The molecule has 1 saturated carbocycles. The van der Waals surface area contributed by atoms with Gasteiger partial charge in [-0.3, -0.25) is 29.4 Å². The number of benzene rings is 3. The summed E-state index contributed by atoms with van der Waals surface area (Å²) in [6.45, 7) is 4.38. The van der Waals surface area contributed by atoms with Crippen LogP contribution in [0.1, 0.15) is 71.4 Å². The first-order valence-electron chi connectivity index (χ1n) is 17.2. The number of fused-ring (bicyclic) bond motifs is 1. The van der Waals surface area contributed by atoms with Crippen molar-refractivity contribution in [2.75, 3.05) is 10.3 Å². The zero-order chi connectivity index (χ0) is 36.0. The molecule has 1 aliphatic carbocycles. The van der Waals surface area contributed by atoms with Crippen molar-refractivity contribution in [3.8, 4) is 17.2 Å². The van der Waals surface area contributed by atoms with Crippen LogP contribution < -0.4 is 36.1 Å². The molecule has 2 fully saturated rings. The Morgan fingerprint density at radius 3 is 2.23 bits per heavy atom. The van der Waals surface area contributed by atoms with Gasteiger partial charge in [0.2, 0.25) is 11.8 Å². The van der Waals surface area contributed by atoms with E-state index in [0.717, 1.165) is 46.1 Å². The molecule has 1 unspecified atom stereocenters. The molecule has 4 N–H and O–H groups in total. The van der Waals surface area contributed by atoms with E-state index in [1.165, 1.54) is 0 Å². The zero-order valence-corrected chi connectivity index (χ0v) is 28.6. The topological polar surface area (TPSA) is 154 Å². The highest BCUT2D eigenvalue weighted by Gasteiger charge is 2.45. The van der Waals surface area contributed by atoms with Crippen LogP contribution in [0.3, 0.4) is 0 Å². The van der Waals surface area contributed by atoms with Crippen LogP contribution in [0.2, 0.25) is 0 Å². The number of pyridine rings is 1. The normalized spacial score (nSPS) is 21.0. The summed E-state index contributed by atoms with van der Waals surface area (Å²) < 4.78 is 12.4. The summed E-state index contributed by atoms with van der Waals surface area (Å²) in [5.41, 5.74) is 9.13. The Labute approximate surface area is 299 Å². The molecular weight excluding hydrogens is 662 g/mol. The van der Waals surface area contributed by atoms with Gasteiger partial charge >= 0.3 is 0 Å². The molecule has 3 aliphatic heterocycles. The maximum absolute atomic E-state index is 13.2. The minimum absolute atomic E-state index is 0.0424. The monoisotopic (exact) mass is 699 g/mol. The van der Waals surface area contributed by atoms with Crippen LogP contribution in [-0.4, -0.2) is 51.7 Å². The van der Waals surface area contributed by atoms with E-state index in [1.807, 2.05) is 42.6 Å². The number of carbonyl (C=O) groups is 4. The number of anilines is 2. The van der Waals surface area contributed by atoms with Crippen molar-refractivity contribution in [1.82, 2.24) is 26.2 Å². The molecule has 264 valence electrons. The van der Waals surface area contributed by atoms with Gasteiger partial charge in [0.05, 0.1) is 11.1 Å². The molecule has 13 nitrogen and oxygen atoms in total. The average molecular weight is 700 g/mol. The summed E-state index contributed by atoms with van der Waals surface area (Å²) >= 11 is 0. The zero-order valence-electron chi connectivity index (χ0n) is 28.6. The first-order chi connectivity index (χ1) is 25.1. The van der Waals surface area contributed by atoms with Crippen molar-refractivity contribution in [2.24, 2.45) is 0 Å². The van der Waals surface area contributed by atoms with Crippen LogP contribution >= 0.6 is 0 Å². The number of hydrogen-bond acceptors (Lipinski definition) is 11. The molecule has 13 heteroatoms. The number of hydrogen-bond donors (Lipinski definition) is 4. The van der Waals surface area contributed by atoms with Gasteiger partial charge in [0.15, 0.2) is 5.82 Å². The summed E-state index contributed by atoms with van der Waals surface area (Å²) in [6, 6.07) is 24.2. The van der Waals surface area contributed by atoms with Crippen molar-refractivity contribution in [3.63, 3.8) is 0 Å². The average Bonchev–Trinajstić information content (AvgIpc) is 3.75. The molecule has 0 spiro atoms. The molecule has 1 atom stereocenters. The second-order valence-electron chi connectivity index (χ2n) is 13.8. The number of piperidine rings is 1. The molecule has 4 aliphatic rings. The van der Waals surface area contributed by atoms with Crippen LogP contribution in [0.15, 0.2) is 97.5 Å². The fourth-order valence-electron chi connectivity index (χ4n) is 6.95. The Bertz CT molecular complexity index is 2090. The van der Waals surface area contributed by atoms with E-state index < -0.39 is 29.7 Å². The highest BCUT2D eigenvalue weighted by atomic mass is 16.5. The second-order valence-corrected chi connectivity index (χ2v) is 13.8. The summed E-state index contributed by atoms with van der Waals surface area (Å²) in [5, 5.41) is 7.42. The Kier molecular flexibility index (Phi) is 8.34. The number of amides is 4. The third-order valence-electron chi connectivity index (χ3n) is 10.1. The third kappa shape index (κ3) is 6.30. The fraction of sp³-hybridized carbons (Fsp3) is 0.256. The van der Waals surface area contributed by atoms with Crippen LogP contribution in [0.25, 0.3) is 0 Å². The molecule has 4 amide bonds. The van der Waals surface area contributed by atoms with Crippen LogP contribution in [0, 0.1) is 0 Å². The molecule has 1 saturated heterocycles. The maximum Gasteiger partial charge on any atom is 0.262 e. The number of rotatable bonds is 10. The van der Waals surface area contributed by atoms with E-state index in [-0.39, 0.29) is 41.5 Å². The maximum atomic E-state index is 13.2. The van der Waals surface area contributed by atoms with Gasteiger partial charge in [-0.1, -0.05) is 38.1 Å². The molecular formula is C39H37N7O6. The first-order valence-corrected chi connectivity index (χ1v) is 17.2. The largest absolute Gasteiger partial charge is 0.490 e. The van der Waals surface area contributed by atoms with E-state index in [4.69, 9.17) is 9.47 Å². The summed E-state index contributed by atoms with van der Waals surface area (Å²) in [6.07, 6.45) is 7.11. The smallest absolute Gasteiger partial charge is 0.262 e. The lowest BCUT2D eigenvalue weighted by Gasteiger charge is -2.36. The van der Waals surface area contributed by atoms with Gasteiger partial charge in [0.25, 0.3) is 11.8 Å². The first kappa shape index (κ1) is 33.0.